The Balaban J connectivity index is 1.98. The molecule has 2 aromatic rings. The zero-order valence-electron chi connectivity index (χ0n) is 11.9. The number of rotatable bonds is 4. The van der Waals surface area contributed by atoms with Gasteiger partial charge in [-0.1, -0.05) is 18.2 Å². The van der Waals surface area contributed by atoms with Gasteiger partial charge in [-0.25, -0.2) is 4.39 Å². The number of aryl methyl sites for hydroxylation is 3. The van der Waals surface area contributed by atoms with Crippen LogP contribution in [0.4, 0.5) is 10.1 Å². The molecule has 4 nitrogen and oxygen atoms in total. The molecule has 0 aliphatic heterocycles. The van der Waals surface area contributed by atoms with Gasteiger partial charge in [-0.05, 0) is 31.9 Å². The number of amides is 1. The van der Waals surface area contributed by atoms with Gasteiger partial charge in [0.25, 0.3) is 0 Å². The number of aromatic nitrogens is 2. The molecule has 1 heterocycles. The Kier molecular flexibility index (Phi) is 4.17. The fourth-order valence-corrected chi connectivity index (χ4v) is 2.11. The normalized spacial score (nSPS) is 10.6. The summed E-state index contributed by atoms with van der Waals surface area (Å²) in [4.78, 5) is 11.9. The summed E-state index contributed by atoms with van der Waals surface area (Å²) in [6.07, 6.45) is 0.631. The van der Waals surface area contributed by atoms with E-state index in [9.17, 15) is 9.18 Å². The van der Waals surface area contributed by atoms with E-state index in [0.29, 0.717) is 12.0 Å². The van der Waals surface area contributed by atoms with Crippen molar-refractivity contribution in [3.63, 3.8) is 0 Å². The first kappa shape index (κ1) is 14.2. The molecule has 106 valence electrons. The van der Waals surface area contributed by atoms with Gasteiger partial charge in [0.05, 0.1) is 17.1 Å². The summed E-state index contributed by atoms with van der Waals surface area (Å²) < 4.78 is 15.2. The Bertz CT molecular complexity index is 634. The van der Waals surface area contributed by atoms with Crippen LogP contribution in [0.5, 0.6) is 0 Å². The fraction of sp³-hybridized carbons (Fsp3) is 0.333. The van der Waals surface area contributed by atoms with E-state index in [1.807, 2.05) is 20.9 Å². The van der Waals surface area contributed by atoms with Gasteiger partial charge in [-0.2, -0.15) is 5.10 Å². The van der Waals surface area contributed by atoms with Gasteiger partial charge in [0.1, 0.15) is 5.82 Å². The van der Waals surface area contributed by atoms with Crippen LogP contribution in [0.1, 0.15) is 23.4 Å². The maximum absolute atomic E-state index is 13.5. The van der Waals surface area contributed by atoms with Crippen molar-refractivity contribution in [1.82, 2.24) is 9.78 Å². The van der Waals surface area contributed by atoms with E-state index in [1.165, 1.54) is 6.07 Å². The number of nitrogens with zero attached hydrogens (tertiary/aromatic N) is 2. The third-order valence-corrected chi connectivity index (χ3v) is 3.35. The first-order valence-electron chi connectivity index (χ1n) is 6.52. The second-order valence-electron chi connectivity index (χ2n) is 4.81. The van der Waals surface area contributed by atoms with E-state index in [0.717, 1.165) is 17.1 Å². The van der Waals surface area contributed by atoms with Crippen LogP contribution >= 0.6 is 0 Å². The van der Waals surface area contributed by atoms with Crippen LogP contribution in [0.15, 0.2) is 24.3 Å². The Labute approximate surface area is 117 Å². The minimum absolute atomic E-state index is 0.132. The number of hydrogen-bond acceptors (Lipinski definition) is 2. The molecule has 2 rings (SSSR count). The maximum Gasteiger partial charge on any atom is 0.224 e. The molecule has 0 saturated heterocycles. The third-order valence-electron chi connectivity index (χ3n) is 3.35. The Morgan fingerprint density at radius 2 is 2.05 bits per heavy atom. The number of carbonyl (C=O) groups is 1. The zero-order valence-corrected chi connectivity index (χ0v) is 11.9. The Morgan fingerprint density at radius 1 is 1.35 bits per heavy atom. The van der Waals surface area contributed by atoms with E-state index in [-0.39, 0.29) is 18.1 Å². The molecular formula is C15H18FN3O. The molecule has 0 atom stereocenters. The number of anilines is 1. The minimum Gasteiger partial charge on any atom is -0.323 e. The van der Waals surface area contributed by atoms with Gasteiger partial charge in [0, 0.05) is 13.5 Å². The molecule has 1 N–H and O–H groups in total. The van der Waals surface area contributed by atoms with Gasteiger partial charge >= 0.3 is 0 Å². The Morgan fingerprint density at radius 3 is 2.65 bits per heavy atom. The average molecular weight is 275 g/mol. The van der Waals surface area contributed by atoms with E-state index in [1.54, 1.807) is 22.9 Å². The highest BCUT2D eigenvalue weighted by atomic mass is 19.1. The lowest BCUT2D eigenvalue weighted by Gasteiger charge is -2.06. The summed E-state index contributed by atoms with van der Waals surface area (Å²) in [7, 11) is 1.83. The summed E-state index contributed by atoms with van der Waals surface area (Å²) >= 11 is 0. The lowest BCUT2D eigenvalue weighted by molar-refractivity contribution is -0.116. The van der Waals surface area contributed by atoms with Crippen LogP contribution in [0.2, 0.25) is 0 Å². The maximum atomic E-state index is 13.5. The second-order valence-corrected chi connectivity index (χ2v) is 4.81. The molecule has 0 radical (unpaired) electrons. The highest BCUT2D eigenvalue weighted by Crippen LogP contribution is 2.19. The van der Waals surface area contributed by atoms with Gasteiger partial charge in [-0.3, -0.25) is 9.48 Å². The van der Waals surface area contributed by atoms with Crippen molar-refractivity contribution >= 4 is 11.6 Å². The average Bonchev–Trinajstić information content (AvgIpc) is 2.64. The van der Waals surface area contributed by atoms with Crippen molar-refractivity contribution in [2.24, 2.45) is 7.05 Å². The minimum atomic E-state index is -0.269. The van der Waals surface area contributed by atoms with Crippen molar-refractivity contribution < 1.29 is 9.18 Å². The molecule has 0 aliphatic carbocycles. The topological polar surface area (TPSA) is 46.9 Å². The van der Waals surface area contributed by atoms with Crippen molar-refractivity contribution in [3.8, 4) is 0 Å². The molecule has 1 amide bonds. The smallest absolute Gasteiger partial charge is 0.224 e. The summed E-state index contributed by atoms with van der Waals surface area (Å²) in [5.41, 5.74) is 2.99. The first-order chi connectivity index (χ1) is 9.49. The van der Waals surface area contributed by atoms with Gasteiger partial charge < -0.3 is 5.32 Å². The van der Waals surface area contributed by atoms with Gasteiger partial charge in [0.2, 0.25) is 5.91 Å². The van der Waals surface area contributed by atoms with Crippen LogP contribution in [-0.4, -0.2) is 15.7 Å². The molecule has 1 aromatic heterocycles. The van der Waals surface area contributed by atoms with Crippen LogP contribution in [0.3, 0.4) is 0 Å². The predicted molar refractivity (Wildman–Crippen MR) is 76.0 cm³/mol. The number of nitrogens with one attached hydrogen (secondary N) is 1. The number of hydrogen-bond donors (Lipinski definition) is 1. The summed E-state index contributed by atoms with van der Waals surface area (Å²) in [6.45, 7) is 3.74. The molecule has 0 unspecified atom stereocenters. The molecule has 5 heteroatoms. The molecule has 0 bridgehead atoms. The summed E-state index contributed by atoms with van der Waals surface area (Å²) in [5, 5.41) is 7.08. The largest absolute Gasteiger partial charge is 0.323 e. The van der Waals surface area contributed by atoms with Gasteiger partial charge in [0.15, 0.2) is 0 Å². The molecule has 0 saturated carbocycles. The fourth-order valence-electron chi connectivity index (χ4n) is 2.11. The quantitative estimate of drug-likeness (QED) is 0.932. The molecule has 20 heavy (non-hydrogen) atoms. The number of carbonyl (C=O) groups excluding carboxylic acids is 1. The van der Waals surface area contributed by atoms with Crippen molar-refractivity contribution in [2.45, 2.75) is 26.7 Å². The lowest BCUT2D eigenvalue weighted by atomic mass is 10.1. The second kappa shape index (κ2) is 5.86. The summed E-state index contributed by atoms with van der Waals surface area (Å²) in [6, 6.07) is 6.51. The van der Waals surface area contributed by atoms with E-state index < -0.39 is 0 Å². The lowest BCUT2D eigenvalue weighted by Crippen LogP contribution is -2.14. The van der Waals surface area contributed by atoms with E-state index >= 15 is 0 Å². The zero-order chi connectivity index (χ0) is 14.7. The standard InChI is InChI=1S/C15H18FN3O/c1-10-15(11(2)19(3)18-10)17-14(20)9-8-12-6-4-5-7-13(12)16/h4-7H,8-9H2,1-3H3,(H,17,20). The monoisotopic (exact) mass is 275 g/mol. The SMILES string of the molecule is Cc1nn(C)c(C)c1NC(=O)CCc1ccccc1F. The van der Waals surface area contributed by atoms with Crippen LogP contribution in [-0.2, 0) is 18.3 Å². The number of benzene rings is 1. The van der Waals surface area contributed by atoms with Crippen LogP contribution < -0.4 is 5.32 Å². The van der Waals surface area contributed by atoms with Crippen LogP contribution in [0, 0.1) is 19.7 Å². The van der Waals surface area contributed by atoms with Crippen molar-refractivity contribution in [1.29, 1.82) is 0 Å². The highest BCUT2D eigenvalue weighted by Gasteiger charge is 2.12. The van der Waals surface area contributed by atoms with Gasteiger partial charge in [-0.15, -0.1) is 0 Å². The van der Waals surface area contributed by atoms with Crippen molar-refractivity contribution in [2.75, 3.05) is 5.32 Å². The molecule has 0 fully saturated rings. The Hall–Kier alpha value is -2.17. The molecular weight excluding hydrogens is 257 g/mol. The third kappa shape index (κ3) is 3.04. The molecule has 1 aromatic carbocycles. The van der Waals surface area contributed by atoms with E-state index in [4.69, 9.17) is 0 Å². The molecule has 0 spiro atoms. The first-order valence-corrected chi connectivity index (χ1v) is 6.52. The van der Waals surface area contributed by atoms with Crippen molar-refractivity contribution in [3.05, 3.63) is 47.0 Å². The number of halogens is 1. The van der Waals surface area contributed by atoms with E-state index in [2.05, 4.69) is 10.4 Å². The predicted octanol–water partition coefficient (Wildman–Crippen LogP) is 2.75. The highest BCUT2D eigenvalue weighted by molar-refractivity contribution is 5.92. The summed E-state index contributed by atoms with van der Waals surface area (Å²) in [5.74, 6) is -0.401. The van der Waals surface area contributed by atoms with Crippen LogP contribution in [0.25, 0.3) is 0 Å². The molecule has 0 aliphatic rings.